The van der Waals surface area contributed by atoms with Crippen LogP contribution in [0.1, 0.15) is 15.9 Å². The monoisotopic (exact) mass is 435 g/mol. The molecule has 0 aliphatic rings. The Balaban J connectivity index is 1.49. The zero-order chi connectivity index (χ0) is 22.8. The van der Waals surface area contributed by atoms with Gasteiger partial charge in [0.2, 0.25) is 5.91 Å². The number of nitrogens with one attached hydrogen (secondary N) is 2. The third kappa shape index (κ3) is 6.92. The van der Waals surface area contributed by atoms with Gasteiger partial charge in [0, 0.05) is 13.1 Å². The van der Waals surface area contributed by atoms with Crippen LogP contribution in [0.4, 0.5) is 10.1 Å². The number of rotatable bonds is 10. The number of halogens is 1. The number of carbonyl (C=O) groups is 2. The third-order valence-electron chi connectivity index (χ3n) is 4.72. The Morgan fingerprint density at radius 1 is 0.938 bits per heavy atom. The summed E-state index contributed by atoms with van der Waals surface area (Å²) in [6.45, 7) is 1.16. The Morgan fingerprint density at radius 3 is 2.41 bits per heavy atom. The van der Waals surface area contributed by atoms with Crippen LogP contribution in [0.25, 0.3) is 0 Å². The number of hydrogen-bond acceptors (Lipinski definition) is 4. The minimum Gasteiger partial charge on any atom is -0.489 e. The van der Waals surface area contributed by atoms with Crippen molar-refractivity contribution in [2.45, 2.75) is 6.54 Å². The van der Waals surface area contributed by atoms with Gasteiger partial charge in [0.1, 0.15) is 6.61 Å². The highest BCUT2D eigenvalue weighted by Gasteiger charge is 2.14. The Labute approximate surface area is 187 Å². The molecule has 0 unspecified atom stereocenters. The molecule has 0 aromatic heterocycles. The first kappa shape index (κ1) is 23.0. The summed E-state index contributed by atoms with van der Waals surface area (Å²) in [7, 11) is 1.77. The fourth-order valence-electron chi connectivity index (χ4n) is 3.05. The molecule has 0 radical (unpaired) electrons. The zero-order valence-corrected chi connectivity index (χ0v) is 17.9. The van der Waals surface area contributed by atoms with Gasteiger partial charge in [-0.25, -0.2) is 4.39 Å². The van der Waals surface area contributed by atoms with Gasteiger partial charge in [-0.1, -0.05) is 54.6 Å². The molecule has 6 nitrogen and oxygen atoms in total. The number of amides is 2. The Morgan fingerprint density at radius 2 is 1.62 bits per heavy atom. The van der Waals surface area contributed by atoms with E-state index in [2.05, 4.69) is 10.6 Å². The summed E-state index contributed by atoms with van der Waals surface area (Å²) in [5.41, 5.74) is 1.82. The first-order chi connectivity index (χ1) is 15.5. The second-order valence-electron chi connectivity index (χ2n) is 7.28. The molecule has 3 rings (SSSR count). The van der Waals surface area contributed by atoms with E-state index in [0.717, 1.165) is 5.56 Å². The number of carbonyl (C=O) groups excluding carboxylic acids is 2. The topological polar surface area (TPSA) is 70.7 Å². The highest BCUT2D eigenvalue weighted by molar-refractivity contribution is 6.04. The number of likely N-dealkylation sites (N-methyl/N-ethyl adjacent to an activating group) is 1. The molecular formula is C25H26FN3O3. The van der Waals surface area contributed by atoms with E-state index >= 15 is 0 Å². The summed E-state index contributed by atoms with van der Waals surface area (Å²) in [4.78, 5) is 26.9. The number of hydrogen-bond donors (Lipinski definition) is 2. The van der Waals surface area contributed by atoms with Gasteiger partial charge in [0.25, 0.3) is 5.91 Å². The van der Waals surface area contributed by atoms with E-state index < -0.39 is 5.82 Å². The lowest BCUT2D eigenvalue weighted by molar-refractivity contribution is -0.117. The van der Waals surface area contributed by atoms with Crippen molar-refractivity contribution in [1.82, 2.24) is 10.2 Å². The minimum absolute atomic E-state index is 0.0978. The van der Waals surface area contributed by atoms with Crippen molar-refractivity contribution in [3.63, 3.8) is 0 Å². The molecule has 0 aliphatic heterocycles. The number of para-hydroxylation sites is 2. The first-order valence-electron chi connectivity index (χ1n) is 10.3. The van der Waals surface area contributed by atoms with E-state index in [1.54, 1.807) is 54.4 Å². The van der Waals surface area contributed by atoms with Gasteiger partial charge in [0.05, 0.1) is 17.8 Å². The van der Waals surface area contributed by atoms with Crippen molar-refractivity contribution in [2.24, 2.45) is 0 Å². The van der Waals surface area contributed by atoms with Crippen molar-refractivity contribution >= 4 is 17.5 Å². The summed E-state index contributed by atoms with van der Waals surface area (Å²) in [6, 6.07) is 22.6. The molecule has 0 heterocycles. The number of ether oxygens (including phenoxy) is 1. The van der Waals surface area contributed by atoms with Gasteiger partial charge in [-0.15, -0.1) is 0 Å². The van der Waals surface area contributed by atoms with Crippen LogP contribution >= 0.6 is 0 Å². The summed E-state index contributed by atoms with van der Waals surface area (Å²) in [5.74, 6) is -0.770. The average Bonchev–Trinajstić information content (AvgIpc) is 2.79. The van der Waals surface area contributed by atoms with Crippen LogP contribution in [0.15, 0.2) is 78.9 Å². The fraction of sp³-hybridized carbons (Fsp3) is 0.200. The molecular weight excluding hydrogens is 409 g/mol. The number of nitrogens with zero attached hydrogens (tertiary/aromatic N) is 1. The van der Waals surface area contributed by atoms with Gasteiger partial charge < -0.3 is 15.4 Å². The van der Waals surface area contributed by atoms with E-state index in [0.29, 0.717) is 24.3 Å². The molecule has 0 fully saturated rings. The quantitative estimate of drug-likeness (QED) is 0.509. The average molecular weight is 435 g/mol. The summed E-state index contributed by atoms with van der Waals surface area (Å²) >= 11 is 0. The maximum Gasteiger partial charge on any atom is 0.253 e. The molecule has 2 amide bonds. The summed E-state index contributed by atoms with van der Waals surface area (Å²) < 4.78 is 19.0. The molecule has 0 spiro atoms. The van der Waals surface area contributed by atoms with Crippen molar-refractivity contribution in [2.75, 3.05) is 32.1 Å². The fourth-order valence-corrected chi connectivity index (χ4v) is 3.05. The highest BCUT2D eigenvalue weighted by Crippen LogP contribution is 2.16. The van der Waals surface area contributed by atoms with Gasteiger partial charge >= 0.3 is 0 Å². The van der Waals surface area contributed by atoms with Gasteiger partial charge in [-0.3, -0.25) is 14.5 Å². The van der Waals surface area contributed by atoms with E-state index in [4.69, 9.17) is 4.74 Å². The SMILES string of the molecule is CN(CCOc1ccccc1F)CC(=O)Nc1ccccc1C(=O)NCc1ccccc1. The zero-order valence-electron chi connectivity index (χ0n) is 17.9. The predicted molar refractivity (Wildman–Crippen MR) is 122 cm³/mol. The van der Waals surface area contributed by atoms with Gasteiger partial charge in [-0.2, -0.15) is 0 Å². The number of anilines is 1. The molecule has 0 saturated heterocycles. The molecule has 2 N–H and O–H groups in total. The lowest BCUT2D eigenvalue weighted by Crippen LogP contribution is -2.33. The highest BCUT2D eigenvalue weighted by atomic mass is 19.1. The van der Waals surface area contributed by atoms with Crippen LogP contribution < -0.4 is 15.4 Å². The second kappa shape index (κ2) is 11.6. The normalized spacial score (nSPS) is 10.6. The Hall–Kier alpha value is -3.71. The molecule has 166 valence electrons. The van der Waals surface area contributed by atoms with Crippen LogP contribution in [0.3, 0.4) is 0 Å². The van der Waals surface area contributed by atoms with E-state index in [1.165, 1.54) is 6.07 Å². The number of benzene rings is 3. The molecule has 3 aromatic rings. The molecule has 0 atom stereocenters. The standard InChI is InChI=1S/C25H26FN3O3/c1-29(15-16-32-23-14-8-6-12-21(23)26)18-24(30)28-22-13-7-5-11-20(22)25(31)27-17-19-9-3-2-4-10-19/h2-14H,15-18H2,1H3,(H,27,31)(H,28,30). The third-order valence-corrected chi connectivity index (χ3v) is 4.72. The molecule has 7 heteroatoms. The minimum atomic E-state index is -0.421. The predicted octanol–water partition coefficient (Wildman–Crippen LogP) is 3.71. The van der Waals surface area contributed by atoms with E-state index in [9.17, 15) is 14.0 Å². The molecule has 3 aromatic carbocycles. The van der Waals surface area contributed by atoms with Crippen molar-refractivity contribution in [1.29, 1.82) is 0 Å². The summed E-state index contributed by atoms with van der Waals surface area (Å²) in [6.07, 6.45) is 0. The van der Waals surface area contributed by atoms with Crippen LogP contribution in [0, 0.1) is 5.82 Å². The second-order valence-corrected chi connectivity index (χ2v) is 7.28. The van der Waals surface area contributed by atoms with E-state index in [1.807, 2.05) is 30.3 Å². The molecule has 32 heavy (non-hydrogen) atoms. The molecule has 0 saturated carbocycles. The summed E-state index contributed by atoms with van der Waals surface area (Å²) in [5, 5.41) is 5.67. The van der Waals surface area contributed by atoms with Crippen molar-refractivity contribution in [3.8, 4) is 5.75 Å². The van der Waals surface area contributed by atoms with Crippen LogP contribution in [-0.4, -0.2) is 43.5 Å². The Kier molecular flexibility index (Phi) is 8.34. The van der Waals surface area contributed by atoms with Crippen LogP contribution in [0.2, 0.25) is 0 Å². The van der Waals surface area contributed by atoms with Crippen molar-refractivity contribution in [3.05, 3.63) is 95.8 Å². The smallest absolute Gasteiger partial charge is 0.253 e. The lowest BCUT2D eigenvalue weighted by atomic mass is 10.1. The largest absolute Gasteiger partial charge is 0.489 e. The molecule has 0 aliphatic carbocycles. The van der Waals surface area contributed by atoms with Crippen LogP contribution in [-0.2, 0) is 11.3 Å². The first-order valence-corrected chi connectivity index (χ1v) is 10.3. The maximum atomic E-state index is 13.6. The van der Waals surface area contributed by atoms with Gasteiger partial charge in [0.15, 0.2) is 11.6 Å². The lowest BCUT2D eigenvalue weighted by Gasteiger charge is -2.17. The Bertz CT molecular complexity index is 1040. The van der Waals surface area contributed by atoms with Crippen LogP contribution in [0.5, 0.6) is 5.75 Å². The van der Waals surface area contributed by atoms with E-state index in [-0.39, 0.29) is 30.7 Å². The van der Waals surface area contributed by atoms with Crippen molar-refractivity contribution < 1.29 is 18.7 Å². The molecule has 0 bridgehead atoms. The maximum absolute atomic E-state index is 13.6. The van der Waals surface area contributed by atoms with Gasteiger partial charge in [-0.05, 0) is 36.9 Å².